The van der Waals surface area contributed by atoms with Crippen LogP contribution in [0.1, 0.15) is 0 Å². The fourth-order valence-electron chi connectivity index (χ4n) is 7.43. The molecule has 0 saturated heterocycles. The Hall–Kier alpha value is -7.01. The van der Waals surface area contributed by atoms with Crippen LogP contribution in [0.15, 0.2) is 200 Å². The van der Waals surface area contributed by atoms with E-state index in [9.17, 15) is 0 Å². The molecule has 0 fully saturated rings. The fourth-order valence-corrected chi connectivity index (χ4v) is 8.81. The summed E-state index contributed by atoms with van der Waals surface area (Å²) < 4.78 is 2.44. The van der Waals surface area contributed by atoms with Gasteiger partial charge in [0, 0.05) is 42.4 Å². The van der Waals surface area contributed by atoms with Crippen molar-refractivity contribution in [2.75, 3.05) is 0 Å². The van der Waals surface area contributed by atoms with E-state index in [-0.39, 0.29) is 0 Å². The molecule has 3 nitrogen and oxygen atoms in total. The maximum Gasteiger partial charge on any atom is 0.164 e. The Morgan fingerprint density at radius 1 is 0.273 bits per heavy atom. The summed E-state index contributed by atoms with van der Waals surface area (Å²) in [5, 5.41) is 2.33. The van der Waals surface area contributed by atoms with Gasteiger partial charge in [-0.1, -0.05) is 182 Å². The molecule has 10 rings (SSSR count). The first-order valence-corrected chi connectivity index (χ1v) is 19.3. The SMILES string of the molecule is c1ccc(-c2ccc(-c3nc(-c4ccccc4)nc(-c4ccc(-c5ccccc5)c5sc6c(-c7ccccc7)cc(-c7ccccc7)cc6c45)n3)cc2)cc1. The normalized spacial score (nSPS) is 11.3. The minimum absolute atomic E-state index is 0.637. The molecule has 0 aliphatic rings. The minimum atomic E-state index is 0.637. The second-order valence-electron chi connectivity index (χ2n) is 13.6. The van der Waals surface area contributed by atoms with Gasteiger partial charge < -0.3 is 0 Å². The van der Waals surface area contributed by atoms with Crippen LogP contribution in [0.2, 0.25) is 0 Å². The Morgan fingerprint density at radius 2 is 0.673 bits per heavy atom. The summed E-state index contributed by atoms with van der Waals surface area (Å²) in [7, 11) is 0. The van der Waals surface area contributed by atoms with Crippen molar-refractivity contribution in [1.82, 2.24) is 15.0 Å². The zero-order valence-corrected chi connectivity index (χ0v) is 30.6. The smallest absolute Gasteiger partial charge is 0.164 e. The quantitative estimate of drug-likeness (QED) is 0.165. The molecule has 8 aromatic carbocycles. The summed E-state index contributed by atoms with van der Waals surface area (Å²) >= 11 is 1.85. The molecule has 2 aromatic heterocycles. The summed E-state index contributed by atoms with van der Waals surface area (Å²) in [4.78, 5) is 15.6. The second-order valence-corrected chi connectivity index (χ2v) is 14.6. The van der Waals surface area contributed by atoms with Crippen LogP contribution in [-0.4, -0.2) is 15.0 Å². The molecular weight excluding hydrogens is 687 g/mol. The topological polar surface area (TPSA) is 38.7 Å². The molecule has 258 valence electrons. The molecule has 0 atom stereocenters. The van der Waals surface area contributed by atoms with E-state index in [0.717, 1.165) is 27.6 Å². The Balaban J connectivity index is 1.26. The third-order valence-corrected chi connectivity index (χ3v) is 11.4. The van der Waals surface area contributed by atoms with Crippen LogP contribution >= 0.6 is 11.3 Å². The minimum Gasteiger partial charge on any atom is -0.208 e. The predicted octanol–water partition coefficient (Wildman–Crippen LogP) is 13.9. The number of nitrogens with zero attached hydrogens (tertiary/aromatic N) is 3. The summed E-state index contributed by atoms with van der Waals surface area (Å²) in [6, 6.07) is 70.4. The molecule has 4 heteroatoms. The van der Waals surface area contributed by atoms with Gasteiger partial charge in [0.25, 0.3) is 0 Å². The van der Waals surface area contributed by atoms with Crippen LogP contribution in [0.5, 0.6) is 0 Å². The molecule has 0 aliphatic heterocycles. The monoisotopic (exact) mass is 719 g/mol. The van der Waals surface area contributed by atoms with Crippen LogP contribution in [-0.2, 0) is 0 Å². The van der Waals surface area contributed by atoms with E-state index in [1.54, 1.807) is 0 Å². The van der Waals surface area contributed by atoms with Crippen molar-refractivity contribution in [2.24, 2.45) is 0 Å². The average molecular weight is 720 g/mol. The first kappa shape index (κ1) is 32.6. The molecule has 0 spiro atoms. The van der Waals surface area contributed by atoms with Crippen molar-refractivity contribution < 1.29 is 0 Å². The van der Waals surface area contributed by atoms with E-state index in [2.05, 4.69) is 176 Å². The highest BCUT2D eigenvalue weighted by atomic mass is 32.1. The Bertz CT molecular complexity index is 2930. The molecule has 0 N–H and O–H groups in total. The van der Waals surface area contributed by atoms with Crippen LogP contribution < -0.4 is 0 Å². The highest BCUT2D eigenvalue weighted by molar-refractivity contribution is 7.27. The zero-order chi connectivity index (χ0) is 36.6. The molecule has 0 aliphatic carbocycles. The van der Waals surface area contributed by atoms with E-state index in [1.165, 1.54) is 53.7 Å². The molecule has 2 heterocycles. The predicted molar refractivity (Wildman–Crippen MR) is 231 cm³/mol. The number of rotatable bonds is 7. The van der Waals surface area contributed by atoms with Crippen LogP contribution in [0.3, 0.4) is 0 Å². The van der Waals surface area contributed by atoms with Gasteiger partial charge in [-0.05, 0) is 57.1 Å². The van der Waals surface area contributed by atoms with E-state index in [0.29, 0.717) is 17.5 Å². The van der Waals surface area contributed by atoms with Gasteiger partial charge in [-0.2, -0.15) is 0 Å². The third kappa shape index (κ3) is 6.19. The van der Waals surface area contributed by atoms with Crippen molar-refractivity contribution in [2.45, 2.75) is 0 Å². The van der Waals surface area contributed by atoms with E-state index >= 15 is 0 Å². The van der Waals surface area contributed by atoms with Crippen molar-refractivity contribution in [3.8, 4) is 78.7 Å². The molecule has 55 heavy (non-hydrogen) atoms. The molecule has 0 radical (unpaired) electrons. The highest BCUT2D eigenvalue weighted by Gasteiger charge is 2.22. The van der Waals surface area contributed by atoms with Gasteiger partial charge in [-0.25, -0.2) is 15.0 Å². The molecule has 0 bridgehead atoms. The summed E-state index contributed by atoms with van der Waals surface area (Å²) in [6.45, 7) is 0. The number of thiophene rings is 1. The number of hydrogen-bond acceptors (Lipinski definition) is 4. The van der Waals surface area contributed by atoms with Gasteiger partial charge in [0.05, 0.1) is 0 Å². The third-order valence-electron chi connectivity index (χ3n) is 10.2. The van der Waals surface area contributed by atoms with Crippen molar-refractivity contribution in [3.63, 3.8) is 0 Å². The number of hydrogen-bond donors (Lipinski definition) is 0. The van der Waals surface area contributed by atoms with Gasteiger partial charge in [-0.15, -0.1) is 11.3 Å². The lowest BCUT2D eigenvalue weighted by molar-refractivity contribution is 1.08. The number of benzene rings is 8. The van der Waals surface area contributed by atoms with Gasteiger partial charge in [-0.3, -0.25) is 0 Å². The first-order valence-electron chi connectivity index (χ1n) is 18.4. The van der Waals surface area contributed by atoms with Gasteiger partial charge in [0.2, 0.25) is 0 Å². The molecule has 0 unspecified atom stereocenters. The lowest BCUT2D eigenvalue weighted by Gasteiger charge is -2.12. The average Bonchev–Trinajstić information content (AvgIpc) is 3.67. The van der Waals surface area contributed by atoms with Crippen molar-refractivity contribution in [1.29, 1.82) is 0 Å². The van der Waals surface area contributed by atoms with Gasteiger partial charge in [0.15, 0.2) is 17.5 Å². The van der Waals surface area contributed by atoms with Gasteiger partial charge >= 0.3 is 0 Å². The molecule has 0 saturated carbocycles. The maximum absolute atomic E-state index is 5.28. The number of fused-ring (bicyclic) bond motifs is 3. The summed E-state index contributed by atoms with van der Waals surface area (Å²) in [6.07, 6.45) is 0. The maximum atomic E-state index is 5.28. The first-order chi connectivity index (χ1) is 27.3. The van der Waals surface area contributed by atoms with E-state index in [4.69, 9.17) is 15.0 Å². The summed E-state index contributed by atoms with van der Waals surface area (Å²) in [5.74, 6) is 1.92. The van der Waals surface area contributed by atoms with Gasteiger partial charge in [0.1, 0.15) is 0 Å². The van der Waals surface area contributed by atoms with Crippen molar-refractivity contribution >= 4 is 31.5 Å². The van der Waals surface area contributed by atoms with E-state index in [1.807, 2.05) is 35.6 Å². The molecule has 10 aromatic rings. The van der Waals surface area contributed by atoms with Crippen LogP contribution in [0.25, 0.3) is 98.8 Å². The Labute approximate surface area is 323 Å². The van der Waals surface area contributed by atoms with Crippen molar-refractivity contribution in [3.05, 3.63) is 200 Å². The summed E-state index contributed by atoms with van der Waals surface area (Å²) in [5.41, 5.74) is 12.3. The van der Waals surface area contributed by atoms with Crippen LogP contribution in [0, 0.1) is 0 Å². The zero-order valence-electron chi connectivity index (χ0n) is 29.8. The largest absolute Gasteiger partial charge is 0.208 e. The lowest BCUT2D eigenvalue weighted by atomic mass is 9.93. The molecule has 0 amide bonds. The fraction of sp³-hybridized carbons (Fsp3) is 0. The standard InChI is InChI=1S/C51H33N3S/c1-6-16-34(17-7-1)36-26-28-40(29-27-36)50-52-49(39-24-14-5-15-25-39)53-51(54-50)43-31-30-42(37-20-10-3-11-21-37)48-46(43)45-33-41(35-18-8-2-9-19-35)32-44(47(45)55-48)38-22-12-4-13-23-38/h1-33H. The second kappa shape index (κ2) is 14.1. The Morgan fingerprint density at radius 3 is 1.24 bits per heavy atom. The Kier molecular flexibility index (Phi) is 8.36. The highest BCUT2D eigenvalue weighted by Crippen LogP contribution is 2.49. The number of aromatic nitrogens is 3. The van der Waals surface area contributed by atoms with E-state index < -0.39 is 0 Å². The van der Waals surface area contributed by atoms with Crippen LogP contribution in [0.4, 0.5) is 0 Å². The lowest BCUT2D eigenvalue weighted by Crippen LogP contribution is -2.00. The molecular formula is C51H33N3S.